The molecule has 0 radical (unpaired) electrons. The fourth-order valence-electron chi connectivity index (χ4n) is 2.16. The van der Waals surface area contributed by atoms with Crippen LogP contribution in [0.1, 0.15) is 23.9 Å². The molecule has 0 aliphatic carbocycles. The maximum atomic E-state index is 13.4. The second-order valence-electron chi connectivity index (χ2n) is 4.54. The predicted molar refractivity (Wildman–Crippen MR) is 77.4 cm³/mol. The van der Waals surface area contributed by atoms with E-state index in [4.69, 9.17) is 0 Å². The lowest BCUT2D eigenvalue weighted by molar-refractivity contribution is 0.530. The number of rotatable bonds is 5. The summed E-state index contributed by atoms with van der Waals surface area (Å²) in [5, 5.41) is 3.23. The van der Waals surface area contributed by atoms with Crippen LogP contribution in [-0.4, -0.2) is 16.6 Å². The smallest absolute Gasteiger partial charge is 0.124 e. The van der Waals surface area contributed by atoms with Crippen molar-refractivity contribution in [2.24, 2.45) is 7.05 Å². The lowest BCUT2D eigenvalue weighted by Crippen LogP contribution is -2.18. The summed E-state index contributed by atoms with van der Waals surface area (Å²) in [6, 6.07) is 5.10. The minimum Gasteiger partial charge on any atom is -0.338 e. The third kappa shape index (κ3) is 3.64. The van der Waals surface area contributed by atoms with Gasteiger partial charge in [0.05, 0.1) is 0 Å². The molecule has 0 fully saturated rings. The van der Waals surface area contributed by atoms with Crippen LogP contribution in [0.15, 0.2) is 35.1 Å². The molecular weight excluding hydrogens is 309 g/mol. The molecule has 0 saturated carbocycles. The highest BCUT2D eigenvalue weighted by atomic mass is 79.9. The van der Waals surface area contributed by atoms with Gasteiger partial charge in [-0.05, 0) is 37.2 Å². The first-order chi connectivity index (χ1) is 9.10. The van der Waals surface area contributed by atoms with E-state index in [0.29, 0.717) is 0 Å². The van der Waals surface area contributed by atoms with E-state index in [1.54, 1.807) is 12.3 Å². The highest BCUT2D eigenvalue weighted by molar-refractivity contribution is 9.10. The van der Waals surface area contributed by atoms with Crippen molar-refractivity contribution >= 4 is 15.9 Å². The Bertz CT molecular complexity index is 533. The van der Waals surface area contributed by atoms with Gasteiger partial charge in [0.2, 0.25) is 0 Å². The summed E-state index contributed by atoms with van der Waals surface area (Å²) in [6.07, 6.45) is 5.45. The number of aromatic nitrogens is 2. The van der Waals surface area contributed by atoms with Crippen molar-refractivity contribution in [1.82, 2.24) is 14.9 Å². The van der Waals surface area contributed by atoms with Crippen LogP contribution in [0.25, 0.3) is 0 Å². The zero-order valence-electron chi connectivity index (χ0n) is 11.0. The molecule has 2 rings (SSSR count). The van der Waals surface area contributed by atoms with Crippen LogP contribution in [0, 0.1) is 5.82 Å². The summed E-state index contributed by atoms with van der Waals surface area (Å²) in [5.41, 5.74) is 0.948. The molecule has 1 aromatic heterocycles. The average molecular weight is 326 g/mol. The van der Waals surface area contributed by atoms with Crippen LogP contribution >= 0.6 is 15.9 Å². The maximum absolute atomic E-state index is 13.4. The Balaban J connectivity index is 2.09. The molecular formula is C14H17BrFN3. The first-order valence-corrected chi connectivity index (χ1v) is 6.99. The molecule has 102 valence electrons. The lowest BCUT2D eigenvalue weighted by Gasteiger charge is -2.17. The fourth-order valence-corrected chi connectivity index (χ4v) is 2.65. The van der Waals surface area contributed by atoms with Crippen molar-refractivity contribution in [2.75, 3.05) is 7.05 Å². The second-order valence-corrected chi connectivity index (χ2v) is 5.45. The molecule has 19 heavy (non-hydrogen) atoms. The summed E-state index contributed by atoms with van der Waals surface area (Å²) in [7, 11) is 3.87. The Morgan fingerprint density at radius 2 is 2.21 bits per heavy atom. The lowest BCUT2D eigenvalue weighted by atomic mass is 10.0. The molecule has 3 nitrogen and oxygen atoms in total. The van der Waals surface area contributed by atoms with Crippen LogP contribution < -0.4 is 5.32 Å². The first kappa shape index (κ1) is 14.2. The Kier molecular flexibility index (Phi) is 4.71. The quantitative estimate of drug-likeness (QED) is 0.914. The van der Waals surface area contributed by atoms with Gasteiger partial charge in [0.15, 0.2) is 0 Å². The molecule has 1 atom stereocenters. The number of benzene rings is 1. The van der Waals surface area contributed by atoms with E-state index in [0.717, 1.165) is 28.7 Å². The normalized spacial score (nSPS) is 12.6. The van der Waals surface area contributed by atoms with Crippen molar-refractivity contribution < 1.29 is 4.39 Å². The highest BCUT2D eigenvalue weighted by Crippen LogP contribution is 2.23. The van der Waals surface area contributed by atoms with Crippen LogP contribution in [0.2, 0.25) is 0 Å². The largest absolute Gasteiger partial charge is 0.338 e. The molecule has 1 heterocycles. The molecule has 0 aliphatic rings. The zero-order chi connectivity index (χ0) is 13.8. The summed E-state index contributed by atoms with van der Waals surface area (Å²) < 4.78 is 16.2. The van der Waals surface area contributed by atoms with Gasteiger partial charge in [0.25, 0.3) is 0 Å². The summed E-state index contributed by atoms with van der Waals surface area (Å²) >= 11 is 3.33. The summed E-state index contributed by atoms with van der Waals surface area (Å²) in [6.45, 7) is 0. The molecule has 5 heteroatoms. The highest BCUT2D eigenvalue weighted by Gasteiger charge is 2.12. The topological polar surface area (TPSA) is 29.9 Å². The van der Waals surface area contributed by atoms with E-state index >= 15 is 0 Å². The molecule has 1 N–H and O–H groups in total. The van der Waals surface area contributed by atoms with E-state index < -0.39 is 0 Å². The van der Waals surface area contributed by atoms with Crippen molar-refractivity contribution in [1.29, 1.82) is 0 Å². The van der Waals surface area contributed by atoms with Crippen LogP contribution in [0.5, 0.6) is 0 Å². The van der Waals surface area contributed by atoms with E-state index in [9.17, 15) is 4.39 Å². The van der Waals surface area contributed by atoms with Gasteiger partial charge in [-0.25, -0.2) is 9.37 Å². The number of halogens is 2. The molecule has 1 aromatic carbocycles. The van der Waals surface area contributed by atoms with Gasteiger partial charge in [0.1, 0.15) is 11.6 Å². The van der Waals surface area contributed by atoms with E-state index in [-0.39, 0.29) is 11.9 Å². The molecule has 1 unspecified atom stereocenters. The van der Waals surface area contributed by atoms with E-state index in [1.807, 2.05) is 30.9 Å². The Hall–Kier alpha value is -1.20. The minimum absolute atomic E-state index is 0.115. The molecule has 0 spiro atoms. The number of nitrogens with one attached hydrogen (secondary N) is 1. The van der Waals surface area contributed by atoms with Gasteiger partial charge >= 0.3 is 0 Å². The zero-order valence-corrected chi connectivity index (χ0v) is 12.6. The average Bonchev–Trinajstić information content (AvgIpc) is 2.75. The van der Waals surface area contributed by atoms with Crippen molar-refractivity contribution in [2.45, 2.75) is 18.9 Å². The Labute approximate surface area is 121 Å². The third-order valence-electron chi connectivity index (χ3n) is 3.21. The van der Waals surface area contributed by atoms with Gasteiger partial charge in [-0.15, -0.1) is 0 Å². The van der Waals surface area contributed by atoms with E-state index in [1.165, 1.54) is 6.07 Å². The SMILES string of the molecule is CNC(CCc1nccn1C)c1cc(F)cc(Br)c1. The van der Waals surface area contributed by atoms with Crippen LogP contribution in [0.4, 0.5) is 4.39 Å². The maximum Gasteiger partial charge on any atom is 0.124 e. The minimum atomic E-state index is -0.221. The van der Waals surface area contributed by atoms with Gasteiger partial charge in [-0.1, -0.05) is 15.9 Å². The fraction of sp³-hybridized carbons (Fsp3) is 0.357. The Morgan fingerprint density at radius 1 is 1.42 bits per heavy atom. The Morgan fingerprint density at radius 3 is 2.79 bits per heavy atom. The van der Waals surface area contributed by atoms with Crippen molar-refractivity contribution in [3.05, 3.63) is 52.3 Å². The van der Waals surface area contributed by atoms with E-state index in [2.05, 4.69) is 26.2 Å². The third-order valence-corrected chi connectivity index (χ3v) is 3.67. The van der Waals surface area contributed by atoms with Gasteiger partial charge in [0, 0.05) is 36.4 Å². The van der Waals surface area contributed by atoms with Crippen molar-refractivity contribution in [3.8, 4) is 0 Å². The molecule has 0 bridgehead atoms. The van der Waals surface area contributed by atoms with Crippen molar-refractivity contribution in [3.63, 3.8) is 0 Å². The summed E-state index contributed by atoms with van der Waals surface area (Å²) in [5.74, 6) is 0.817. The second kappa shape index (κ2) is 6.30. The van der Waals surface area contributed by atoms with Gasteiger partial charge < -0.3 is 9.88 Å². The van der Waals surface area contributed by atoms with Crippen LogP contribution in [-0.2, 0) is 13.5 Å². The number of aryl methyl sites for hydroxylation is 2. The number of nitrogens with zero attached hydrogens (tertiary/aromatic N) is 2. The first-order valence-electron chi connectivity index (χ1n) is 6.19. The van der Waals surface area contributed by atoms with Gasteiger partial charge in [-0.3, -0.25) is 0 Å². The molecule has 0 saturated heterocycles. The standard InChI is InChI=1S/C14H17BrFN3/c1-17-13(3-4-14-18-5-6-19(14)2)10-7-11(15)9-12(16)8-10/h5-9,13,17H,3-4H2,1-2H3. The van der Waals surface area contributed by atoms with Gasteiger partial charge in [-0.2, -0.15) is 0 Å². The predicted octanol–water partition coefficient (Wildman–Crippen LogP) is 3.22. The monoisotopic (exact) mass is 325 g/mol. The number of hydrogen-bond donors (Lipinski definition) is 1. The van der Waals surface area contributed by atoms with Crippen LogP contribution in [0.3, 0.4) is 0 Å². The summed E-state index contributed by atoms with van der Waals surface area (Å²) in [4.78, 5) is 4.30. The molecule has 0 amide bonds. The number of imidazole rings is 1. The molecule has 0 aliphatic heterocycles. The number of hydrogen-bond acceptors (Lipinski definition) is 2. The molecule has 2 aromatic rings.